The van der Waals surface area contributed by atoms with Gasteiger partial charge >= 0.3 is 0 Å². The molecule has 134 valence electrons. The van der Waals surface area contributed by atoms with E-state index in [2.05, 4.69) is 5.32 Å². The number of rotatable bonds is 7. The Bertz CT molecular complexity index is 746. The quantitative estimate of drug-likeness (QED) is 0.776. The monoisotopic (exact) mass is 347 g/mol. The lowest BCUT2D eigenvalue weighted by Crippen LogP contribution is -2.18. The van der Waals surface area contributed by atoms with Crippen LogP contribution >= 0.6 is 0 Å². The summed E-state index contributed by atoms with van der Waals surface area (Å²) in [4.78, 5) is 12.6. The number of carbonyl (C=O) groups is 1. The molecule has 0 heterocycles. The van der Waals surface area contributed by atoms with E-state index in [0.717, 1.165) is 36.1 Å². The molecule has 1 atom stereocenters. The van der Waals surface area contributed by atoms with Crippen LogP contribution < -0.4 is 5.32 Å². The first-order chi connectivity index (χ1) is 11.9. The Morgan fingerprint density at radius 1 is 1.20 bits per heavy atom. The molecule has 1 amide bonds. The average Bonchev–Trinajstić information content (AvgIpc) is 2.57. The standard InChI is InChI=1S/C20H23F2NO2/c1-3-4-14(12-24)10-15-9-13(2)5-7-17(15)20(25)23-19-8-6-16(21)11-18(19)22/h5-9,11,14,24H,3-4,10,12H2,1-2H3,(H,23,25). The van der Waals surface area contributed by atoms with E-state index < -0.39 is 17.5 Å². The Morgan fingerprint density at radius 2 is 1.96 bits per heavy atom. The second-order valence-electron chi connectivity index (χ2n) is 6.28. The molecule has 0 aliphatic heterocycles. The van der Waals surface area contributed by atoms with E-state index in [1.165, 1.54) is 6.07 Å². The Kier molecular flexibility index (Phi) is 6.65. The molecule has 2 aromatic rings. The molecule has 0 aromatic heterocycles. The number of halogens is 2. The SMILES string of the molecule is CCCC(CO)Cc1cc(C)ccc1C(=O)Nc1ccc(F)cc1F. The van der Waals surface area contributed by atoms with Crippen LogP contribution in [0.4, 0.5) is 14.5 Å². The van der Waals surface area contributed by atoms with Crippen molar-refractivity contribution >= 4 is 11.6 Å². The van der Waals surface area contributed by atoms with Crippen LogP contribution in [-0.2, 0) is 6.42 Å². The second kappa shape index (κ2) is 8.72. The van der Waals surface area contributed by atoms with Crippen molar-refractivity contribution in [2.75, 3.05) is 11.9 Å². The number of amides is 1. The third-order valence-corrected chi connectivity index (χ3v) is 4.15. The number of nitrogens with one attached hydrogen (secondary N) is 1. The number of anilines is 1. The Morgan fingerprint density at radius 3 is 2.60 bits per heavy atom. The molecule has 0 aliphatic carbocycles. The van der Waals surface area contributed by atoms with Gasteiger partial charge in [0.1, 0.15) is 11.6 Å². The Balaban J connectivity index is 2.26. The van der Waals surface area contributed by atoms with Gasteiger partial charge in [-0.1, -0.05) is 31.0 Å². The third-order valence-electron chi connectivity index (χ3n) is 4.15. The molecule has 0 saturated heterocycles. The number of benzene rings is 2. The van der Waals surface area contributed by atoms with Crippen LogP contribution in [-0.4, -0.2) is 17.6 Å². The molecule has 2 aromatic carbocycles. The van der Waals surface area contributed by atoms with Gasteiger partial charge in [0.25, 0.3) is 5.91 Å². The lowest BCUT2D eigenvalue weighted by Gasteiger charge is -2.17. The maximum Gasteiger partial charge on any atom is 0.256 e. The molecule has 0 saturated carbocycles. The number of carbonyl (C=O) groups excluding carboxylic acids is 1. The molecule has 2 N–H and O–H groups in total. The van der Waals surface area contributed by atoms with Crippen LogP contribution in [0.15, 0.2) is 36.4 Å². The number of aryl methyl sites for hydroxylation is 1. The van der Waals surface area contributed by atoms with E-state index in [4.69, 9.17) is 0 Å². The van der Waals surface area contributed by atoms with Gasteiger partial charge in [-0.3, -0.25) is 4.79 Å². The summed E-state index contributed by atoms with van der Waals surface area (Å²) in [6.45, 7) is 4.03. The first kappa shape index (κ1) is 19.1. The third kappa shape index (κ3) is 5.10. The van der Waals surface area contributed by atoms with Gasteiger partial charge < -0.3 is 10.4 Å². The molecule has 0 bridgehead atoms. The minimum atomic E-state index is -0.818. The van der Waals surface area contributed by atoms with Crippen molar-refractivity contribution < 1.29 is 18.7 Å². The van der Waals surface area contributed by atoms with E-state index in [1.807, 2.05) is 26.0 Å². The summed E-state index contributed by atoms with van der Waals surface area (Å²) in [5.41, 5.74) is 2.19. The lowest BCUT2D eigenvalue weighted by molar-refractivity contribution is 0.102. The first-order valence-electron chi connectivity index (χ1n) is 8.41. The number of aliphatic hydroxyl groups excluding tert-OH is 1. The highest BCUT2D eigenvalue weighted by atomic mass is 19.1. The predicted octanol–water partition coefficient (Wildman–Crippen LogP) is 4.48. The van der Waals surface area contributed by atoms with Crippen LogP contribution in [0.3, 0.4) is 0 Å². The van der Waals surface area contributed by atoms with Gasteiger partial charge in [-0.25, -0.2) is 8.78 Å². The van der Waals surface area contributed by atoms with Crippen molar-refractivity contribution in [1.82, 2.24) is 0 Å². The van der Waals surface area contributed by atoms with Crippen LogP contribution in [0.2, 0.25) is 0 Å². The lowest BCUT2D eigenvalue weighted by atomic mass is 9.91. The summed E-state index contributed by atoms with van der Waals surface area (Å²) in [7, 11) is 0. The summed E-state index contributed by atoms with van der Waals surface area (Å²) in [5.74, 6) is -1.90. The van der Waals surface area contributed by atoms with Crippen molar-refractivity contribution in [3.8, 4) is 0 Å². The molecule has 0 radical (unpaired) electrons. The van der Waals surface area contributed by atoms with Gasteiger partial charge in [0.05, 0.1) is 5.69 Å². The fourth-order valence-corrected chi connectivity index (χ4v) is 2.87. The summed E-state index contributed by atoms with van der Waals surface area (Å²) in [6, 6.07) is 8.44. The highest BCUT2D eigenvalue weighted by molar-refractivity contribution is 6.05. The first-order valence-corrected chi connectivity index (χ1v) is 8.41. The van der Waals surface area contributed by atoms with E-state index in [9.17, 15) is 18.7 Å². The van der Waals surface area contributed by atoms with Crippen LogP contribution in [0.1, 0.15) is 41.3 Å². The van der Waals surface area contributed by atoms with Gasteiger partial charge in [0, 0.05) is 18.2 Å². The van der Waals surface area contributed by atoms with E-state index in [1.54, 1.807) is 6.07 Å². The van der Waals surface area contributed by atoms with Gasteiger partial charge in [-0.2, -0.15) is 0 Å². The molecule has 2 rings (SSSR count). The topological polar surface area (TPSA) is 49.3 Å². The normalized spacial score (nSPS) is 12.0. The zero-order valence-corrected chi connectivity index (χ0v) is 14.5. The molecule has 5 heteroatoms. The van der Waals surface area contributed by atoms with Gasteiger partial charge in [-0.05, 0) is 49.4 Å². The number of hydrogen-bond acceptors (Lipinski definition) is 2. The smallest absolute Gasteiger partial charge is 0.256 e. The van der Waals surface area contributed by atoms with Gasteiger partial charge in [0.2, 0.25) is 0 Å². The van der Waals surface area contributed by atoms with Gasteiger partial charge in [0.15, 0.2) is 0 Å². The van der Waals surface area contributed by atoms with Crippen molar-refractivity contribution in [3.63, 3.8) is 0 Å². The molecule has 0 fully saturated rings. The zero-order valence-electron chi connectivity index (χ0n) is 14.5. The van der Waals surface area contributed by atoms with E-state index in [0.29, 0.717) is 12.0 Å². The fraction of sp³-hybridized carbons (Fsp3) is 0.350. The van der Waals surface area contributed by atoms with Crippen LogP contribution in [0.5, 0.6) is 0 Å². The van der Waals surface area contributed by atoms with E-state index >= 15 is 0 Å². The van der Waals surface area contributed by atoms with Crippen molar-refractivity contribution in [1.29, 1.82) is 0 Å². The number of aliphatic hydroxyl groups is 1. The van der Waals surface area contributed by atoms with Crippen LogP contribution in [0.25, 0.3) is 0 Å². The second-order valence-corrected chi connectivity index (χ2v) is 6.28. The summed E-state index contributed by atoms with van der Waals surface area (Å²) >= 11 is 0. The predicted molar refractivity (Wildman–Crippen MR) is 94.7 cm³/mol. The highest BCUT2D eigenvalue weighted by Gasteiger charge is 2.17. The average molecular weight is 347 g/mol. The minimum absolute atomic E-state index is 0.0510. The molecule has 0 aliphatic rings. The summed E-state index contributed by atoms with van der Waals surface area (Å²) in [5, 5.41) is 12.0. The van der Waals surface area contributed by atoms with Crippen LogP contribution in [0, 0.1) is 24.5 Å². The maximum atomic E-state index is 13.8. The molecule has 0 spiro atoms. The minimum Gasteiger partial charge on any atom is -0.396 e. The molecule has 25 heavy (non-hydrogen) atoms. The summed E-state index contributed by atoms with van der Waals surface area (Å²) in [6.07, 6.45) is 2.37. The fourth-order valence-electron chi connectivity index (χ4n) is 2.87. The van der Waals surface area contributed by atoms with Crippen molar-refractivity contribution in [3.05, 3.63) is 64.7 Å². The molecule has 3 nitrogen and oxygen atoms in total. The maximum absolute atomic E-state index is 13.8. The zero-order chi connectivity index (χ0) is 18.4. The molecule has 1 unspecified atom stereocenters. The Labute approximate surface area is 146 Å². The van der Waals surface area contributed by atoms with Gasteiger partial charge in [-0.15, -0.1) is 0 Å². The highest BCUT2D eigenvalue weighted by Crippen LogP contribution is 2.22. The summed E-state index contributed by atoms with van der Waals surface area (Å²) < 4.78 is 26.8. The molecular weight excluding hydrogens is 324 g/mol. The largest absolute Gasteiger partial charge is 0.396 e. The Hall–Kier alpha value is -2.27. The molecular formula is C20H23F2NO2. The van der Waals surface area contributed by atoms with Crippen molar-refractivity contribution in [2.45, 2.75) is 33.1 Å². The van der Waals surface area contributed by atoms with E-state index in [-0.39, 0.29) is 18.2 Å². The number of hydrogen-bond donors (Lipinski definition) is 2. The van der Waals surface area contributed by atoms with Crippen molar-refractivity contribution in [2.24, 2.45) is 5.92 Å².